The largest absolute Gasteiger partial charge is 0.493 e. The molecule has 0 aliphatic carbocycles. The molecule has 2 N–H and O–H groups in total. The second kappa shape index (κ2) is 5.85. The van der Waals surface area contributed by atoms with Crippen LogP contribution in [0.2, 0.25) is 0 Å². The van der Waals surface area contributed by atoms with Crippen LogP contribution < -0.4 is 10.5 Å². The zero-order chi connectivity index (χ0) is 15.5. The van der Waals surface area contributed by atoms with Crippen LogP contribution >= 0.6 is 0 Å². The molecule has 0 aliphatic heterocycles. The third kappa shape index (κ3) is 2.50. The Hall–Kier alpha value is -2.89. The second-order valence-electron chi connectivity index (χ2n) is 4.64. The van der Waals surface area contributed by atoms with Gasteiger partial charge in [-0.15, -0.1) is 5.10 Å². The van der Waals surface area contributed by atoms with Crippen molar-refractivity contribution in [3.8, 4) is 22.7 Å². The molecule has 1 aromatic heterocycles. The number of nitrogen functional groups attached to an aromatic ring is 1. The molecule has 0 saturated heterocycles. The molecule has 22 heavy (non-hydrogen) atoms. The fraction of sp³-hybridized carbons (Fsp3) is 0.125. The number of para-hydroxylation sites is 1. The molecule has 1 heterocycles. The molecular formula is C16H15FN4O. The summed E-state index contributed by atoms with van der Waals surface area (Å²) in [6.45, 7) is 2.46. The van der Waals surface area contributed by atoms with E-state index >= 15 is 0 Å². The maximum Gasteiger partial charge on any atom is 0.156 e. The molecule has 6 heteroatoms. The SMILES string of the molecule is CCOc1ccccc1-c1nnn(-c2ccc(F)cc2)c1N. The van der Waals surface area contributed by atoms with Crippen LogP contribution in [0.15, 0.2) is 48.5 Å². The number of hydrogen-bond donors (Lipinski definition) is 1. The first kappa shape index (κ1) is 14.1. The lowest BCUT2D eigenvalue weighted by Crippen LogP contribution is -2.02. The van der Waals surface area contributed by atoms with Crippen molar-refractivity contribution in [3.63, 3.8) is 0 Å². The monoisotopic (exact) mass is 298 g/mol. The summed E-state index contributed by atoms with van der Waals surface area (Å²) < 4.78 is 20.1. The van der Waals surface area contributed by atoms with Crippen molar-refractivity contribution in [3.05, 3.63) is 54.3 Å². The van der Waals surface area contributed by atoms with Crippen LogP contribution in [0.3, 0.4) is 0 Å². The Morgan fingerprint density at radius 2 is 1.86 bits per heavy atom. The first-order valence-electron chi connectivity index (χ1n) is 6.90. The number of halogens is 1. The van der Waals surface area contributed by atoms with Gasteiger partial charge in [0, 0.05) is 5.56 Å². The summed E-state index contributed by atoms with van der Waals surface area (Å²) in [5, 5.41) is 8.20. The van der Waals surface area contributed by atoms with E-state index in [1.54, 1.807) is 12.1 Å². The quantitative estimate of drug-likeness (QED) is 0.804. The zero-order valence-electron chi connectivity index (χ0n) is 12.0. The van der Waals surface area contributed by atoms with E-state index in [1.807, 2.05) is 31.2 Å². The van der Waals surface area contributed by atoms with Crippen LogP contribution in [0.1, 0.15) is 6.92 Å². The summed E-state index contributed by atoms with van der Waals surface area (Å²) in [7, 11) is 0. The maximum absolute atomic E-state index is 13.0. The summed E-state index contributed by atoms with van der Waals surface area (Å²) in [6, 6.07) is 13.4. The molecule has 3 aromatic rings. The molecule has 0 saturated carbocycles. The highest BCUT2D eigenvalue weighted by molar-refractivity contribution is 5.75. The number of rotatable bonds is 4. The van der Waals surface area contributed by atoms with Crippen molar-refractivity contribution >= 4 is 5.82 Å². The first-order chi connectivity index (χ1) is 10.7. The molecule has 0 amide bonds. The van der Waals surface area contributed by atoms with E-state index in [-0.39, 0.29) is 5.82 Å². The fourth-order valence-corrected chi connectivity index (χ4v) is 2.20. The average Bonchev–Trinajstić information content (AvgIpc) is 2.91. The fourth-order valence-electron chi connectivity index (χ4n) is 2.20. The van der Waals surface area contributed by atoms with Crippen molar-refractivity contribution in [1.82, 2.24) is 15.0 Å². The highest BCUT2D eigenvalue weighted by Gasteiger charge is 2.16. The topological polar surface area (TPSA) is 66.0 Å². The number of hydrogen-bond acceptors (Lipinski definition) is 4. The molecule has 0 aliphatic rings. The van der Waals surface area contributed by atoms with Crippen LogP contribution in [-0.2, 0) is 0 Å². The Bertz CT molecular complexity index is 783. The second-order valence-corrected chi connectivity index (χ2v) is 4.64. The van der Waals surface area contributed by atoms with Crippen molar-refractivity contribution in [2.45, 2.75) is 6.92 Å². The van der Waals surface area contributed by atoms with Gasteiger partial charge in [-0.3, -0.25) is 0 Å². The normalized spacial score (nSPS) is 10.6. The zero-order valence-corrected chi connectivity index (χ0v) is 12.0. The maximum atomic E-state index is 13.0. The van der Waals surface area contributed by atoms with Crippen LogP contribution in [0, 0.1) is 5.82 Å². The first-order valence-corrected chi connectivity index (χ1v) is 6.90. The van der Waals surface area contributed by atoms with E-state index in [4.69, 9.17) is 10.5 Å². The molecule has 3 rings (SSSR count). The molecular weight excluding hydrogens is 283 g/mol. The highest BCUT2D eigenvalue weighted by atomic mass is 19.1. The predicted octanol–water partition coefficient (Wildman–Crippen LogP) is 3.05. The van der Waals surface area contributed by atoms with Crippen molar-refractivity contribution < 1.29 is 9.13 Å². The Kier molecular flexibility index (Phi) is 3.74. The number of ether oxygens (including phenoxy) is 1. The predicted molar refractivity (Wildman–Crippen MR) is 82.3 cm³/mol. The van der Waals surface area contributed by atoms with Gasteiger partial charge in [0.25, 0.3) is 0 Å². The minimum absolute atomic E-state index is 0.315. The number of nitrogens with zero attached hydrogens (tertiary/aromatic N) is 3. The van der Waals surface area contributed by atoms with Gasteiger partial charge in [-0.1, -0.05) is 17.3 Å². The summed E-state index contributed by atoms with van der Waals surface area (Å²) in [4.78, 5) is 0. The smallest absolute Gasteiger partial charge is 0.156 e. The lowest BCUT2D eigenvalue weighted by molar-refractivity contribution is 0.341. The number of aromatic nitrogens is 3. The summed E-state index contributed by atoms with van der Waals surface area (Å²) >= 11 is 0. The van der Waals surface area contributed by atoms with Crippen LogP contribution in [-0.4, -0.2) is 21.6 Å². The molecule has 0 bridgehead atoms. The molecule has 112 valence electrons. The van der Waals surface area contributed by atoms with Gasteiger partial charge in [0.05, 0.1) is 12.3 Å². The van der Waals surface area contributed by atoms with Gasteiger partial charge in [-0.25, -0.2) is 4.39 Å². The van der Waals surface area contributed by atoms with Crippen molar-refractivity contribution in [2.75, 3.05) is 12.3 Å². The molecule has 0 fully saturated rings. The summed E-state index contributed by atoms with van der Waals surface area (Å²) in [5.41, 5.74) is 8.11. The highest BCUT2D eigenvalue weighted by Crippen LogP contribution is 2.32. The van der Waals surface area contributed by atoms with Crippen LogP contribution in [0.5, 0.6) is 5.75 Å². The van der Waals surface area contributed by atoms with Crippen molar-refractivity contribution in [1.29, 1.82) is 0 Å². The number of nitrogens with two attached hydrogens (primary N) is 1. The van der Waals surface area contributed by atoms with Gasteiger partial charge in [0.2, 0.25) is 0 Å². The van der Waals surface area contributed by atoms with Gasteiger partial charge in [0.15, 0.2) is 5.82 Å². The Labute approximate surface area is 127 Å². The summed E-state index contributed by atoms with van der Waals surface area (Å²) in [5.74, 6) is 0.756. The lowest BCUT2D eigenvalue weighted by atomic mass is 10.1. The van der Waals surface area contributed by atoms with Crippen molar-refractivity contribution in [2.24, 2.45) is 0 Å². The third-order valence-corrected chi connectivity index (χ3v) is 3.22. The molecule has 2 aromatic carbocycles. The van der Waals surface area contributed by atoms with Gasteiger partial charge in [-0.2, -0.15) is 4.68 Å². The van der Waals surface area contributed by atoms with Gasteiger partial charge >= 0.3 is 0 Å². The minimum atomic E-state index is -0.315. The molecule has 0 spiro atoms. The Morgan fingerprint density at radius 1 is 1.14 bits per heavy atom. The van der Waals surface area contributed by atoms with Gasteiger partial charge in [0.1, 0.15) is 17.3 Å². The standard InChI is InChI=1S/C16H15FN4O/c1-2-22-14-6-4-3-5-13(14)15-16(18)21(20-19-15)12-9-7-11(17)8-10-12/h3-10H,2,18H2,1H3. The average molecular weight is 298 g/mol. The van der Waals surface area contributed by atoms with E-state index < -0.39 is 0 Å². The van der Waals surface area contributed by atoms with Crippen LogP contribution in [0.25, 0.3) is 16.9 Å². The lowest BCUT2D eigenvalue weighted by Gasteiger charge is -2.08. The van der Waals surface area contributed by atoms with E-state index in [9.17, 15) is 4.39 Å². The molecule has 0 unspecified atom stereocenters. The third-order valence-electron chi connectivity index (χ3n) is 3.22. The van der Waals surface area contributed by atoms with Crippen LogP contribution in [0.4, 0.5) is 10.2 Å². The van der Waals surface area contributed by atoms with E-state index in [1.165, 1.54) is 16.8 Å². The van der Waals surface area contributed by atoms with Gasteiger partial charge in [-0.05, 0) is 43.3 Å². The Balaban J connectivity index is 2.06. The van der Waals surface area contributed by atoms with Gasteiger partial charge < -0.3 is 10.5 Å². The Morgan fingerprint density at radius 3 is 2.59 bits per heavy atom. The van der Waals surface area contributed by atoms with E-state index in [0.717, 1.165) is 5.56 Å². The minimum Gasteiger partial charge on any atom is -0.493 e. The molecule has 5 nitrogen and oxygen atoms in total. The number of anilines is 1. The van der Waals surface area contributed by atoms with E-state index in [2.05, 4.69) is 10.3 Å². The molecule has 0 atom stereocenters. The van der Waals surface area contributed by atoms with E-state index in [0.29, 0.717) is 29.6 Å². The molecule has 0 radical (unpaired) electrons. The summed E-state index contributed by atoms with van der Waals surface area (Å²) in [6.07, 6.45) is 0. The number of benzene rings is 2.